The molecule has 0 aliphatic carbocycles. The monoisotopic (exact) mass is 430 g/mol. The Morgan fingerprint density at radius 3 is 2.45 bits per heavy atom. The zero-order valence-electron chi connectivity index (χ0n) is 17.2. The highest BCUT2D eigenvalue weighted by Crippen LogP contribution is 2.32. The van der Waals surface area contributed by atoms with Gasteiger partial charge >= 0.3 is 6.18 Å². The summed E-state index contributed by atoms with van der Waals surface area (Å²) >= 11 is 0. The van der Waals surface area contributed by atoms with E-state index in [4.69, 9.17) is 10.5 Å². The van der Waals surface area contributed by atoms with E-state index in [0.29, 0.717) is 17.4 Å². The fourth-order valence-corrected chi connectivity index (χ4v) is 3.29. The third-order valence-electron chi connectivity index (χ3n) is 4.97. The summed E-state index contributed by atoms with van der Waals surface area (Å²) in [5, 5.41) is 8.87. The summed E-state index contributed by atoms with van der Waals surface area (Å²) < 4.78 is 47.2. The topological polar surface area (TPSA) is 83.8 Å². The number of alkyl halides is 3. The first-order valence-corrected chi connectivity index (χ1v) is 9.59. The van der Waals surface area contributed by atoms with Gasteiger partial charge in [0, 0.05) is 11.9 Å². The van der Waals surface area contributed by atoms with E-state index < -0.39 is 11.7 Å². The molecule has 0 aliphatic heterocycles. The molecule has 1 aromatic carbocycles. The maximum Gasteiger partial charge on any atom is 0.419 e. The molecule has 0 spiro atoms. The number of ether oxygens (including phenoxy) is 1. The Kier molecular flexibility index (Phi) is 5.08. The van der Waals surface area contributed by atoms with E-state index in [9.17, 15) is 13.2 Å². The smallest absolute Gasteiger partial charge is 0.419 e. The summed E-state index contributed by atoms with van der Waals surface area (Å²) in [7, 11) is 1.59. The fraction of sp³-hybridized carbons (Fsp3) is 0.286. The summed E-state index contributed by atoms with van der Waals surface area (Å²) in [4.78, 5) is 4.43. The third-order valence-corrected chi connectivity index (χ3v) is 4.97. The minimum absolute atomic E-state index is 0.112. The molecule has 0 unspecified atom stereocenters. The molecular weight excluding hydrogens is 409 g/mol. The number of nitrogens with zero attached hydrogens (tertiary/aromatic N) is 5. The number of nitrogens with two attached hydrogens (primary N) is 1. The van der Waals surface area contributed by atoms with Gasteiger partial charge in [-0.25, -0.2) is 9.67 Å². The van der Waals surface area contributed by atoms with Crippen molar-refractivity contribution in [3.05, 3.63) is 59.5 Å². The number of halogens is 3. The van der Waals surface area contributed by atoms with Gasteiger partial charge in [-0.2, -0.15) is 23.4 Å². The van der Waals surface area contributed by atoms with Gasteiger partial charge in [-0.1, -0.05) is 26.0 Å². The summed E-state index contributed by atoms with van der Waals surface area (Å²) in [5.74, 6) is 1.23. The Hall–Kier alpha value is -3.56. The molecule has 3 aromatic heterocycles. The number of methoxy groups -OCH3 is 1. The van der Waals surface area contributed by atoms with Crippen LogP contribution in [0, 0.1) is 0 Å². The number of rotatable bonds is 5. The lowest BCUT2D eigenvalue weighted by atomic mass is 10.1. The molecule has 0 aliphatic rings. The molecule has 2 N–H and O–H groups in total. The molecular formula is C21H21F3N6O. The van der Waals surface area contributed by atoms with Crippen LogP contribution in [0.1, 0.15) is 36.6 Å². The molecule has 7 nitrogen and oxygen atoms in total. The quantitative estimate of drug-likeness (QED) is 0.507. The first kappa shape index (κ1) is 20.7. The first-order chi connectivity index (χ1) is 14.7. The predicted molar refractivity (Wildman–Crippen MR) is 110 cm³/mol. The normalized spacial score (nSPS) is 12.1. The minimum Gasteiger partial charge on any atom is -0.497 e. The number of hydrogen-bond acceptors (Lipinski definition) is 5. The van der Waals surface area contributed by atoms with Gasteiger partial charge in [0.05, 0.1) is 36.3 Å². The van der Waals surface area contributed by atoms with Gasteiger partial charge in [-0.3, -0.25) is 4.68 Å². The van der Waals surface area contributed by atoms with Crippen molar-refractivity contribution < 1.29 is 17.9 Å². The zero-order chi connectivity index (χ0) is 22.3. The van der Waals surface area contributed by atoms with Crippen molar-refractivity contribution in [3.8, 4) is 11.6 Å². The summed E-state index contributed by atoms with van der Waals surface area (Å²) in [6.45, 7) is 4.36. The largest absolute Gasteiger partial charge is 0.497 e. The molecule has 10 heteroatoms. The maximum atomic E-state index is 13.1. The second-order valence-electron chi connectivity index (χ2n) is 7.48. The number of fused-ring (bicyclic) bond motifs is 1. The molecule has 0 saturated heterocycles. The molecule has 31 heavy (non-hydrogen) atoms. The number of anilines is 1. The van der Waals surface area contributed by atoms with E-state index in [0.717, 1.165) is 34.1 Å². The Morgan fingerprint density at radius 2 is 1.87 bits per heavy atom. The highest BCUT2D eigenvalue weighted by atomic mass is 19.4. The lowest BCUT2D eigenvalue weighted by molar-refractivity contribution is -0.137. The van der Waals surface area contributed by atoms with Crippen LogP contribution in [-0.4, -0.2) is 31.7 Å². The van der Waals surface area contributed by atoms with Crippen molar-refractivity contribution in [1.29, 1.82) is 0 Å². The van der Waals surface area contributed by atoms with Crippen molar-refractivity contribution in [2.75, 3.05) is 12.8 Å². The molecule has 0 amide bonds. The van der Waals surface area contributed by atoms with Crippen LogP contribution in [-0.2, 0) is 12.7 Å². The second-order valence-corrected chi connectivity index (χ2v) is 7.48. The van der Waals surface area contributed by atoms with Gasteiger partial charge in [-0.05, 0) is 29.7 Å². The first-order valence-electron chi connectivity index (χ1n) is 9.59. The lowest BCUT2D eigenvalue weighted by Gasteiger charge is -2.09. The van der Waals surface area contributed by atoms with Crippen molar-refractivity contribution >= 4 is 16.7 Å². The van der Waals surface area contributed by atoms with Crippen LogP contribution in [0.4, 0.5) is 19.0 Å². The van der Waals surface area contributed by atoms with Crippen molar-refractivity contribution in [3.63, 3.8) is 0 Å². The predicted octanol–water partition coefficient (Wildman–Crippen LogP) is 4.40. The zero-order valence-corrected chi connectivity index (χ0v) is 17.2. The van der Waals surface area contributed by atoms with Crippen LogP contribution in [0.25, 0.3) is 16.7 Å². The maximum absolute atomic E-state index is 13.1. The molecule has 4 aromatic rings. The van der Waals surface area contributed by atoms with Gasteiger partial charge in [0.15, 0.2) is 5.82 Å². The molecule has 0 fully saturated rings. The van der Waals surface area contributed by atoms with E-state index in [1.165, 1.54) is 0 Å². The highest BCUT2D eigenvalue weighted by Gasteiger charge is 2.33. The van der Waals surface area contributed by atoms with E-state index in [-0.39, 0.29) is 17.6 Å². The number of benzene rings is 1. The van der Waals surface area contributed by atoms with Gasteiger partial charge < -0.3 is 10.5 Å². The Labute approximate surface area is 176 Å². The van der Waals surface area contributed by atoms with Crippen LogP contribution in [0.5, 0.6) is 5.75 Å². The Balaban J connectivity index is 1.87. The van der Waals surface area contributed by atoms with Gasteiger partial charge in [0.1, 0.15) is 11.6 Å². The summed E-state index contributed by atoms with van der Waals surface area (Å²) in [6, 6.07) is 9.33. The van der Waals surface area contributed by atoms with E-state index in [1.54, 1.807) is 11.8 Å². The Morgan fingerprint density at radius 1 is 1.16 bits per heavy atom. The standard InChI is InChI=1S/C21H21F3N6O/c1-12(2)16-8-17-18(19(25)27-16)20(30-11-14(9-26-30)21(22,23)24)28-29(17)10-13-4-6-15(31-3)7-5-13/h4-9,11-12H,10H2,1-3H3,(H2,25,27). The molecule has 0 saturated carbocycles. The van der Waals surface area contributed by atoms with Gasteiger partial charge in [0.25, 0.3) is 0 Å². The third kappa shape index (κ3) is 3.92. The van der Waals surface area contributed by atoms with Crippen LogP contribution in [0.3, 0.4) is 0 Å². The van der Waals surface area contributed by atoms with Crippen LogP contribution in [0.2, 0.25) is 0 Å². The fourth-order valence-electron chi connectivity index (χ4n) is 3.29. The van der Waals surface area contributed by atoms with Crippen molar-refractivity contribution in [2.45, 2.75) is 32.5 Å². The molecule has 162 valence electrons. The molecule has 0 atom stereocenters. The van der Waals surface area contributed by atoms with E-state index >= 15 is 0 Å². The average Bonchev–Trinajstić information content (AvgIpc) is 3.34. The van der Waals surface area contributed by atoms with Crippen molar-refractivity contribution in [2.24, 2.45) is 0 Å². The molecule has 3 heterocycles. The summed E-state index contributed by atoms with van der Waals surface area (Å²) in [5.41, 5.74) is 7.74. The van der Waals surface area contributed by atoms with Crippen molar-refractivity contribution in [1.82, 2.24) is 24.5 Å². The van der Waals surface area contributed by atoms with E-state index in [2.05, 4.69) is 15.2 Å². The molecule has 0 bridgehead atoms. The number of pyridine rings is 1. The van der Waals surface area contributed by atoms with Crippen LogP contribution < -0.4 is 10.5 Å². The number of hydrogen-bond donors (Lipinski definition) is 1. The highest BCUT2D eigenvalue weighted by molar-refractivity contribution is 5.95. The van der Waals surface area contributed by atoms with Gasteiger partial charge in [0.2, 0.25) is 0 Å². The second kappa shape index (κ2) is 7.60. The van der Waals surface area contributed by atoms with Gasteiger partial charge in [-0.15, -0.1) is 0 Å². The van der Waals surface area contributed by atoms with Crippen LogP contribution >= 0.6 is 0 Å². The number of aromatic nitrogens is 5. The summed E-state index contributed by atoms with van der Waals surface area (Å²) in [6.07, 6.45) is -2.84. The number of nitrogen functional groups attached to an aromatic ring is 1. The molecule has 0 radical (unpaired) electrons. The van der Waals surface area contributed by atoms with E-state index in [1.807, 2.05) is 44.2 Å². The SMILES string of the molecule is COc1ccc(Cn2nc(-n3cc(C(F)(F)F)cn3)c3c(N)nc(C(C)C)cc32)cc1. The minimum atomic E-state index is -4.51. The molecule has 4 rings (SSSR count). The van der Waals surface area contributed by atoms with Crippen LogP contribution in [0.15, 0.2) is 42.7 Å². The average molecular weight is 430 g/mol. The Bertz CT molecular complexity index is 1220. The lowest BCUT2D eigenvalue weighted by Crippen LogP contribution is -2.05.